The van der Waals surface area contributed by atoms with E-state index in [4.69, 9.17) is 4.74 Å². The summed E-state index contributed by atoms with van der Waals surface area (Å²) in [5.41, 5.74) is 0.468. The molecule has 0 bridgehead atoms. The maximum absolute atomic E-state index is 13.4. The first-order chi connectivity index (χ1) is 17.9. The molecular weight excluding hydrogens is 511 g/mol. The Morgan fingerprint density at radius 3 is 2.29 bits per heavy atom. The number of nitrogens with zero attached hydrogens (tertiary/aromatic N) is 2. The Hall–Kier alpha value is -3.67. The summed E-state index contributed by atoms with van der Waals surface area (Å²) in [6, 6.07) is 16.0. The van der Waals surface area contributed by atoms with E-state index in [-0.39, 0.29) is 29.3 Å². The van der Waals surface area contributed by atoms with Crippen molar-refractivity contribution in [2.24, 2.45) is 0 Å². The fourth-order valence-corrected chi connectivity index (χ4v) is 5.16. The molecule has 2 N–H and O–H groups in total. The van der Waals surface area contributed by atoms with Gasteiger partial charge < -0.3 is 15.0 Å². The predicted molar refractivity (Wildman–Crippen MR) is 142 cm³/mol. The fourth-order valence-electron chi connectivity index (χ4n) is 3.83. The third-order valence-corrected chi connectivity index (χ3v) is 7.26. The second kappa shape index (κ2) is 12.2. The number of hydrogen-bond acceptors (Lipinski definition) is 6. The number of aromatic nitrogens is 1. The largest absolute Gasteiger partial charge is 0.383 e. The Morgan fingerprint density at radius 1 is 1.05 bits per heavy atom. The molecule has 0 saturated carbocycles. The number of anilines is 1. The van der Waals surface area contributed by atoms with E-state index in [9.17, 15) is 22.4 Å². The normalized spacial score (nSPS) is 12.6. The van der Waals surface area contributed by atoms with Crippen molar-refractivity contribution < 1.29 is 27.1 Å². The lowest BCUT2D eigenvalue weighted by Crippen LogP contribution is -2.47. The SMILES string of the molecule is COCC(C)(C)NS(=O)(=O)c1ccc(NC(=O)[C@H](Cc2ccccc2)N(C)C(=O)c2ccc(F)cc2)cn1. The summed E-state index contributed by atoms with van der Waals surface area (Å²) in [6.45, 7) is 3.52. The predicted octanol–water partition coefficient (Wildman–Crippen LogP) is 3.25. The van der Waals surface area contributed by atoms with Gasteiger partial charge in [0.05, 0.1) is 24.0 Å². The summed E-state index contributed by atoms with van der Waals surface area (Å²) in [6.07, 6.45) is 1.45. The van der Waals surface area contributed by atoms with E-state index in [2.05, 4.69) is 15.0 Å². The lowest BCUT2D eigenvalue weighted by atomic mass is 10.0. The van der Waals surface area contributed by atoms with Gasteiger partial charge in [-0.2, -0.15) is 0 Å². The molecule has 0 radical (unpaired) electrons. The van der Waals surface area contributed by atoms with Gasteiger partial charge in [0, 0.05) is 26.1 Å². The van der Waals surface area contributed by atoms with E-state index < -0.39 is 39.2 Å². The molecule has 1 heterocycles. The average Bonchev–Trinajstić information content (AvgIpc) is 2.87. The number of amides is 2. The van der Waals surface area contributed by atoms with Gasteiger partial charge in [-0.25, -0.2) is 22.5 Å². The van der Waals surface area contributed by atoms with Crippen LogP contribution in [-0.2, 0) is 26.0 Å². The number of likely N-dealkylation sites (N-methyl/N-ethyl adjacent to an activating group) is 1. The van der Waals surface area contributed by atoms with Gasteiger partial charge in [-0.05, 0) is 55.8 Å². The molecular formula is C27H31FN4O5S. The number of methoxy groups -OCH3 is 1. The van der Waals surface area contributed by atoms with Gasteiger partial charge >= 0.3 is 0 Å². The van der Waals surface area contributed by atoms with Crippen molar-refractivity contribution in [2.75, 3.05) is 26.1 Å². The van der Waals surface area contributed by atoms with Crippen LogP contribution in [0.2, 0.25) is 0 Å². The Morgan fingerprint density at radius 2 is 1.71 bits per heavy atom. The van der Waals surface area contributed by atoms with E-state index in [0.29, 0.717) is 0 Å². The number of nitrogens with one attached hydrogen (secondary N) is 2. The molecule has 0 fully saturated rings. The Balaban J connectivity index is 1.80. The zero-order valence-corrected chi connectivity index (χ0v) is 22.5. The van der Waals surface area contributed by atoms with Gasteiger partial charge in [0.2, 0.25) is 5.91 Å². The van der Waals surface area contributed by atoms with E-state index in [1.54, 1.807) is 13.8 Å². The van der Waals surface area contributed by atoms with Crippen LogP contribution < -0.4 is 10.0 Å². The van der Waals surface area contributed by atoms with Gasteiger partial charge in [-0.15, -0.1) is 0 Å². The van der Waals surface area contributed by atoms with Crippen LogP contribution in [0.5, 0.6) is 0 Å². The lowest BCUT2D eigenvalue weighted by Gasteiger charge is -2.28. The molecule has 3 rings (SSSR count). The number of sulfonamides is 1. The minimum absolute atomic E-state index is 0.160. The van der Waals surface area contributed by atoms with Crippen LogP contribution in [0, 0.1) is 5.82 Å². The highest BCUT2D eigenvalue weighted by Crippen LogP contribution is 2.17. The maximum atomic E-state index is 13.4. The fraction of sp³-hybridized carbons (Fsp3) is 0.296. The first-order valence-electron chi connectivity index (χ1n) is 11.8. The Kier molecular flexibility index (Phi) is 9.31. The molecule has 0 aliphatic rings. The molecule has 2 aromatic carbocycles. The smallest absolute Gasteiger partial charge is 0.258 e. The summed E-state index contributed by atoms with van der Waals surface area (Å²) in [4.78, 5) is 31.7. The van der Waals surface area contributed by atoms with E-state index in [1.165, 1.54) is 61.7 Å². The van der Waals surface area contributed by atoms with Crippen LogP contribution >= 0.6 is 0 Å². The van der Waals surface area contributed by atoms with Crippen LogP contribution in [-0.4, -0.2) is 62.5 Å². The van der Waals surface area contributed by atoms with E-state index in [1.807, 2.05) is 30.3 Å². The Bertz CT molecular complexity index is 1350. The first-order valence-corrected chi connectivity index (χ1v) is 13.3. The summed E-state index contributed by atoms with van der Waals surface area (Å²) in [5, 5.41) is 2.50. The molecule has 202 valence electrons. The summed E-state index contributed by atoms with van der Waals surface area (Å²) in [7, 11) is -0.960. The molecule has 0 aliphatic heterocycles. The molecule has 3 aromatic rings. The topological polar surface area (TPSA) is 118 Å². The number of benzene rings is 2. The van der Waals surface area contributed by atoms with Crippen LogP contribution in [0.4, 0.5) is 10.1 Å². The number of carbonyl (C=O) groups excluding carboxylic acids is 2. The molecule has 9 nitrogen and oxygen atoms in total. The van der Waals surface area contributed by atoms with Gasteiger partial charge in [0.1, 0.15) is 11.9 Å². The average molecular weight is 543 g/mol. The van der Waals surface area contributed by atoms with Crippen molar-refractivity contribution >= 4 is 27.5 Å². The van der Waals surface area contributed by atoms with Gasteiger partial charge in [-0.1, -0.05) is 30.3 Å². The highest BCUT2D eigenvalue weighted by molar-refractivity contribution is 7.89. The van der Waals surface area contributed by atoms with Crippen molar-refractivity contribution in [3.8, 4) is 0 Å². The van der Waals surface area contributed by atoms with Crippen molar-refractivity contribution in [3.63, 3.8) is 0 Å². The quantitative estimate of drug-likeness (QED) is 0.384. The number of rotatable bonds is 11. The van der Waals surface area contributed by atoms with E-state index in [0.717, 1.165) is 5.56 Å². The summed E-state index contributed by atoms with van der Waals surface area (Å²) < 4.78 is 46.3. The van der Waals surface area contributed by atoms with Gasteiger partial charge in [0.25, 0.3) is 15.9 Å². The maximum Gasteiger partial charge on any atom is 0.258 e. The number of halogens is 1. The summed E-state index contributed by atoms with van der Waals surface area (Å²) >= 11 is 0. The summed E-state index contributed by atoms with van der Waals surface area (Å²) in [5.74, 6) is -1.42. The van der Waals surface area contributed by atoms with Gasteiger partial charge in [-0.3, -0.25) is 9.59 Å². The number of ether oxygens (including phenoxy) is 1. The van der Waals surface area contributed by atoms with Gasteiger partial charge in [0.15, 0.2) is 5.03 Å². The van der Waals surface area contributed by atoms with Crippen LogP contribution in [0.3, 0.4) is 0 Å². The molecule has 1 atom stereocenters. The molecule has 0 spiro atoms. The van der Waals surface area contributed by atoms with Crippen molar-refractivity contribution in [1.82, 2.24) is 14.6 Å². The highest BCUT2D eigenvalue weighted by Gasteiger charge is 2.29. The lowest BCUT2D eigenvalue weighted by molar-refractivity contribution is -0.120. The third-order valence-electron chi connectivity index (χ3n) is 5.65. The highest BCUT2D eigenvalue weighted by atomic mass is 32.2. The number of pyridine rings is 1. The molecule has 0 unspecified atom stereocenters. The van der Waals surface area contributed by atoms with Crippen molar-refractivity contribution in [2.45, 2.75) is 36.9 Å². The molecule has 0 aliphatic carbocycles. The number of carbonyl (C=O) groups is 2. The van der Waals surface area contributed by atoms with Crippen LogP contribution in [0.25, 0.3) is 0 Å². The number of hydrogen-bond donors (Lipinski definition) is 2. The van der Waals surface area contributed by atoms with E-state index >= 15 is 0 Å². The minimum Gasteiger partial charge on any atom is -0.383 e. The monoisotopic (exact) mass is 542 g/mol. The second-order valence-electron chi connectivity index (χ2n) is 9.43. The van der Waals surface area contributed by atoms with Crippen LogP contribution in [0.1, 0.15) is 29.8 Å². The zero-order chi connectivity index (χ0) is 27.9. The molecule has 2 amide bonds. The second-order valence-corrected chi connectivity index (χ2v) is 11.1. The van der Waals surface area contributed by atoms with Crippen molar-refractivity contribution in [1.29, 1.82) is 0 Å². The standard InChI is InChI=1S/C27H31FN4O5S/c1-27(2,18-37-4)31-38(35,36)24-15-14-22(17-29-24)30-25(33)23(16-19-8-6-5-7-9-19)32(3)26(34)20-10-12-21(28)13-11-20/h5-15,17,23,31H,16,18H2,1-4H3,(H,30,33)/t23-/m0/s1. The first kappa shape index (κ1) is 28.9. The molecule has 1 aromatic heterocycles. The zero-order valence-electron chi connectivity index (χ0n) is 21.6. The van der Waals surface area contributed by atoms with Crippen LogP contribution in [0.15, 0.2) is 78.0 Å². The minimum atomic E-state index is -3.93. The van der Waals surface area contributed by atoms with Crippen molar-refractivity contribution in [3.05, 3.63) is 89.9 Å². The molecule has 38 heavy (non-hydrogen) atoms. The third kappa shape index (κ3) is 7.67. The molecule has 0 saturated heterocycles. The Labute approximate surface area is 222 Å². The molecule has 11 heteroatoms.